The Morgan fingerprint density at radius 2 is 1.89 bits per heavy atom. The molecule has 0 spiro atoms. The molecule has 3 N–H and O–H groups in total. The second kappa shape index (κ2) is 8.47. The average molecular weight is 315 g/mol. The average Bonchev–Trinajstić information content (AvgIpc) is 2.33. The van der Waals surface area contributed by atoms with Crippen LogP contribution in [0.25, 0.3) is 0 Å². The molecule has 1 saturated heterocycles. The van der Waals surface area contributed by atoms with E-state index in [2.05, 4.69) is 10.3 Å². The molecule has 110 valence electrons. The number of nitrogens with one attached hydrogen (secondary N) is 1. The fraction of sp³-hybridized carbons (Fsp3) is 0.545. The number of anilines is 1. The maximum absolute atomic E-state index is 13.2. The van der Waals surface area contributed by atoms with Crippen molar-refractivity contribution >= 4 is 30.6 Å². The van der Waals surface area contributed by atoms with Crippen LogP contribution in [0.3, 0.4) is 0 Å². The summed E-state index contributed by atoms with van der Waals surface area (Å²) in [5.41, 5.74) is 6.10. The molecule has 0 aromatic carbocycles. The number of hydrogen-bond donors (Lipinski definition) is 2. The molecule has 0 unspecified atom stereocenters. The zero-order valence-corrected chi connectivity index (χ0v) is 11.9. The lowest BCUT2D eigenvalue weighted by atomic mass is 10.1. The van der Waals surface area contributed by atoms with E-state index in [1.165, 1.54) is 6.20 Å². The van der Waals surface area contributed by atoms with Gasteiger partial charge in [0.05, 0.1) is 6.04 Å². The lowest BCUT2D eigenvalue weighted by molar-refractivity contribution is 0.0184. The molecule has 1 fully saturated rings. The number of piperazine rings is 1. The van der Waals surface area contributed by atoms with Gasteiger partial charge in [-0.3, -0.25) is 4.90 Å². The Kier molecular flexibility index (Phi) is 8.17. The smallest absolute Gasteiger partial charge is 0.258 e. The quantitative estimate of drug-likeness (QED) is 0.892. The van der Waals surface area contributed by atoms with Crippen molar-refractivity contribution in [3.63, 3.8) is 0 Å². The van der Waals surface area contributed by atoms with Gasteiger partial charge in [0, 0.05) is 37.9 Å². The lowest BCUT2D eigenvalue weighted by Gasteiger charge is -2.34. The van der Waals surface area contributed by atoms with Crippen LogP contribution >= 0.6 is 24.8 Å². The van der Waals surface area contributed by atoms with Crippen LogP contribution in [0.1, 0.15) is 11.6 Å². The molecule has 1 atom stereocenters. The van der Waals surface area contributed by atoms with Gasteiger partial charge in [-0.25, -0.2) is 13.8 Å². The number of nitrogens with two attached hydrogens (primary N) is 1. The Labute approximate surface area is 123 Å². The number of halogens is 4. The summed E-state index contributed by atoms with van der Waals surface area (Å²) in [7, 11) is 0. The standard InChI is InChI=1S/C11H16F2N4.2ClH/c12-10(13)9(17-6-4-15-5-7-17)8-2-1-3-16-11(8)14;;/h1-3,9-10,15H,4-7H2,(H2,14,16);2*1H/t9-;;/m1../s1. The maximum Gasteiger partial charge on any atom is 0.258 e. The highest BCUT2D eigenvalue weighted by Gasteiger charge is 2.31. The van der Waals surface area contributed by atoms with Gasteiger partial charge in [0.2, 0.25) is 0 Å². The number of hydrogen-bond acceptors (Lipinski definition) is 4. The third-order valence-corrected chi connectivity index (χ3v) is 2.97. The molecule has 1 aliphatic rings. The molecule has 2 rings (SSSR count). The number of rotatable bonds is 3. The van der Waals surface area contributed by atoms with Crippen molar-refractivity contribution in [1.29, 1.82) is 0 Å². The van der Waals surface area contributed by atoms with Gasteiger partial charge in [-0.05, 0) is 6.07 Å². The molecule has 4 nitrogen and oxygen atoms in total. The van der Waals surface area contributed by atoms with Gasteiger partial charge in [0.15, 0.2) is 0 Å². The highest BCUT2D eigenvalue weighted by atomic mass is 35.5. The van der Waals surface area contributed by atoms with E-state index in [1.54, 1.807) is 17.0 Å². The van der Waals surface area contributed by atoms with E-state index in [9.17, 15) is 8.78 Å². The Bertz CT molecular complexity index is 375. The van der Waals surface area contributed by atoms with Crippen molar-refractivity contribution in [3.8, 4) is 0 Å². The number of nitrogens with zero attached hydrogens (tertiary/aromatic N) is 2. The molecule has 19 heavy (non-hydrogen) atoms. The summed E-state index contributed by atoms with van der Waals surface area (Å²) >= 11 is 0. The predicted octanol–water partition coefficient (Wildman–Crippen LogP) is 1.72. The summed E-state index contributed by atoms with van der Waals surface area (Å²) in [5, 5.41) is 3.14. The van der Waals surface area contributed by atoms with Gasteiger partial charge >= 0.3 is 0 Å². The monoisotopic (exact) mass is 314 g/mol. The lowest BCUT2D eigenvalue weighted by Crippen LogP contribution is -2.47. The minimum absolute atomic E-state index is 0. The normalized spacial score (nSPS) is 17.4. The number of nitrogen functional groups attached to an aromatic ring is 1. The second-order valence-corrected chi connectivity index (χ2v) is 4.04. The highest BCUT2D eigenvalue weighted by molar-refractivity contribution is 5.85. The second-order valence-electron chi connectivity index (χ2n) is 4.04. The van der Waals surface area contributed by atoms with Gasteiger partial charge in [0.1, 0.15) is 5.82 Å². The first-order chi connectivity index (χ1) is 8.20. The molecule has 1 aliphatic heterocycles. The van der Waals surface area contributed by atoms with E-state index in [1.807, 2.05) is 0 Å². The Morgan fingerprint density at radius 1 is 1.26 bits per heavy atom. The molecule has 0 amide bonds. The van der Waals surface area contributed by atoms with E-state index >= 15 is 0 Å². The summed E-state index contributed by atoms with van der Waals surface area (Å²) in [5.74, 6) is 0.191. The molecular weight excluding hydrogens is 297 g/mol. The molecule has 0 radical (unpaired) electrons. The molecule has 2 heterocycles. The molecule has 1 aromatic heterocycles. The van der Waals surface area contributed by atoms with E-state index in [0.29, 0.717) is 18.7 Å². The van der Waals surface area contributed by atoms with Gasteiger partial charge in [-0.2, -0.15) is 0 Å². The van der Waals surface area contributed by atoms with Crippen molar-refractivity contribution < 1.29 is 8.78 Å². The summed E-state index contributed by atoms with van der Waals surface area (Å²) in [6, 6.07) is 2.32. The first-order valence-corrected chi connectivity index (χ1v) is 5.63. The number of alkyl halides is 2. The van der Waals surface area contributed by atoms with E-state index in [4.69, 9.17) is 5.73 Å². The first kappa shape index (κ1) is 18.3. The van der Waals surface area contributed by atoms with Gasteiger partial charge in [0.25, 0.3) is 6.43 Å². The molecule has 0 bridgehead atoms. The maximum atomic E-state index is 13.2. The third kappa shape index (κ3) is 4.42. The van der Waals surface area contributed by atoms with Crippen molar-refractivity contribution in [2.24, 2.45) is 0 Å². The zero-order chi connectivity index (χ0) is 12.3. The fourth-order valence-electron chi connectivity index (χ4n) is 2.13. The third-order valence-electron chi connectivity index (χ3n) is 2.97. The van der Waals surface area contributed by atoms with E-state index < -0.39 is 12.5 Å². The Hall–Kier alpha value is -0.690. The molecule has 0 saturated carbocycles. The molecule has 0 aliphatic carbocycles. The van der Waals surface area contributed by atoms with Crippen molar-refractivity contribution in [2.75, 3.05) is 31.9 Å². The molecule has 8 heteroatoms. The predicted molar refractivity (Wildman–Crippen MR) is 76.3 cm³/mol. The molecular formula is C11H18Cl2F2N4. The first-order valence-electron chi connectivity index (χ1n) is 5.63. The number of pyridine rings is 1. The minimum atomic E-state index is -2.46. The summed E-state index contributed by atoms with van der Waals surface area (Å²) in [6.07, 6.45) is -0.946. The summed E-state index contributed by atoms with van der Waals surface area (Å²) in [4.78, 5) is 5.64. The van der Waals surface area contributed by atoms with Crippen molar-refractivity contribution in [2.45, 2.75) is 12.5 Å². The Balaban J connectivity index is 0.00000162. The number of aromatic nitrogens is 1. The van der Waals surface area contributed by atoms with Crippen LogP contribution in [0, 0.1) is 0 Å². The van der Waals surface area contributed by atoms with Crippen LogP contribution in [0.15, 0.2) is 18.3 Å². The zero-order valence-electron chi connectivity index (χ0n) is 10.3. The summed E-state index contributed by atoms with van der Waals surface area (Å²) < 4.78 is 26.4. The fourth-order valence-corrected chi connectivity index (χ4v) is 2.13. The van der Waals surface area contributed by atoms with Crippen molar-refractivity contribution in [1.82, 2.24) is 15.2 Å². The van der Waals surface area contributed by atoms with Crippen molar-refractivity contribution in [3.05, 3.63) is 23.9 Å². The van der Waals surface area contributed by atoms with E-state index in [0.717, 1.165) is 13.1 Å². The van der Waals surface area contributed by atoms with Gasteiger partial charge in [-0.15, -0.1) is 24.8 Å². The van der Waals surface area contributed by atoms with Crippen LogP contribution in [-0.2, 0) is 0 Å². The van der Waals surface area contributed by atoms with Gasteiger partial charge in [-0.1, -0.05) is 6.07 Å². The van der Waals surface area contributed by atoms with Crippen LogP contribution in [-0.4, -0.2) is 42.5 Å². The largest absolute Gasteiger partial charge is 0.383 e. The van der Waals surface area contributed by atoms with Gasteiger partial charge < -0.3 is 11.1 Å². The highest BCUT2D eigenvalue weighted by Crippen LogP contribution is 2.30. The summed E-state index contributed by atoms with van der Waals surface area (Å²) in [6.45, 7) is 2.65. The van der Waals surface area contributed by atoms with Crippen LogP contribution in [0.4, 0.5) is 14.6 Å². The Morgan fingerprint density at radius 3 is 2.42 bits per heavy atom. The topological polar surface area (TPSA) is 54.2 Å². The minimum Gasteiger partial charge on any atom is -0.383 e. The molecule has 1 aromatic rings. The van der Waals surface area contributed by atoms with Crippen LogP contribution in [0.2, 0.25) is 0 Å². The van der Waals surface area contributed by atoms with Crippen LogP contribution < -0.4 is 11.1 Å². The van der Waals surface area contributed by atoms with Crippen LogP contribution in [0.5, 0.6) is 0 Å². The van der Waals surface area contributed by atoms with E-state index in [-0.39, 0.29) is 30.6 Å². The SMILES string of the molecule is Cl.Cl.Nc1ncccc1[C@H](C(F)F)N1CCNCC1.